The van der Waals surface area contributed by atoms with Crippen molar-refractivity contribution >= 4 is 30.4 Å². The van der Waals surface area contributed by atoms with Crippen molar-refractivity contribution in [1.29, 1.82) is 0 Å². The lowest BCUT2D eigenvalue weighted by molar-refractivity contribution is -0.152. The smallest absolute Gasteiger partial charge is 0.240 e. The van der Waals surface area contributed by atoms with Gasteiger partial charge in [0.25, 0.3) is 0 Å². The Labute approximate surface area is 197 Å². The van der Waals surface area contributed by atoms with Gasteiger partial charge in [0.15, 0.2) is 8.32 Å². The van der Waals surface area contributed by atoms with Crippen LogP contribution < -0.4 is 4.74 Å². The molecule has 172 valence electrons. The van der Waals surface area contributed by atoms with Gasteiger partial charge in [-0.1, -0.05) is 44.7 Å². The van der Waals surface area contributed by atoms with Gasteiger partial charge in [-0.15, -0.1) is 0 Å². The third kappa shape index (κ3) is 6.35. The van der Waals surface area contributed by atoms with Gasteiger partial charge in [0, 0.05) is 5.92 Å². The van der Waals surface area contributed by atoms with Crippen molar-refractivity contribution in [3.05, 3.63) is 29.8 Å². The molecule has 0 radical (unpaired) electrons. The van der Waals surface area contributed by atoms with Crippen LogP contribution in [0.15, 0.2) is 24.3 Å². The molecule has 0 N–H and O–H groups in total. The molecule has 1 aliphatic rings. The molecule has 1 unspecified atom stereocenters. The number of ether oxygens (including phenoxy) is 2. The number of hydrogen-bond acceptors (Lipinski definition) is 4. The maximum absolute atomic E-state index is 12.6. The van der Waals surface area contributed by atoms with Crippen LogP contribution in [0.3, 0.4) is 0 Å². The first-order chi connectivity index (χ1) is 14.4. The summed E-state index contributed by atoms with van der Waals surface area (Å²) in [6.45, 7) is 16.0. The molecule has 1 aromatic carbocycles. The number of rotatable bonds is 8. The molecule has 0 bridgehead atoms. The minimum absolute atomic E-state index is 0.0112. The van der Waals surface area contributed by atoms with Crippen LogP contribution >= 0.6 is 16.1 Å². The Morgan fingerprint density at radius 3 is 2.35 bits per heavy atom. The third-order valence-corrected chi connectivity index (χ3v) is 11.8. The predicted octanol–water partition coefficient (Wildman–Crippen LogP) is 5.40. The molecule has 4 atom stereocenters. The Hall–Kier alpha value is -1.33. The molecular formula is C24H36BrNO4Si. The summed E-state index contributed by atoms with van der Waals surface area (Å²) in [4.78, 5) is 12.6. The zero-order valence-electron chi connectivity index (χ0n) is 20.0. The van der Waals surface area contributed by atoms with Gasteiger partial charge in [0.1, 0.15) is 12.4 Å². The number of methoxy groups -OCH3 is 1. The monoisotopic (exact) mass is 509 g/mol. The van der Waals surface area contributed by atoms with Gasteiger partial charge in [-0.3, -0.25) is 8.72 Å². The molecule has 1 aliphatic heterocycles. The molecule has 31 heavy (non-hydrogen) atoms. The summed E-state index contributed by atoms with van der Waals surface area (Å²) in [6, 6.07) is 7.77. The number of halogens is 1. The Morgan fingerprint density at radius 1 is 1.19 bits per heavy atom. The topological polar surface area (TPSA) is 48.0 Å². The van der Waals surface area contributed by atoms with Gasteiger partial charge in [0.05, 0.1) is 47.9 Å². The fraction of sp³-hybridized carbons (Fsp3) is 0.625. The first-order valence-corrected chi connectivity index (χ1v) is 14.4. The van der Waals surface area contributed by atoms with Gasteiger partial charge < -0.3 is 13.9 Å². The average Bonchev–Trinajstić information content (AvgIpc) is 2.69. The first kappa shape index (κ1) is 25.9. The molecule has 1 aromatic rings. The summed E-state index contributed by atoms with van der Waals surface area (Å²) in [7, 11) is -0.304. The van der Waals surface area contributed by atoms with Crippen molar-refractivity contribution in [2.45, 2.75) is 71.5 Å². The second kappa shape index (κ2) is 10.5. The van der Waals surface area contributed by atoms with Crippen LogP contribution in [0.5, 0.6) is 5.75 Å². The molecule has 2 rings (SSSR count). The largest absolute Gasteiger partial charge is 0.497 e. The van der Waals surface area contributed by atoms with E-state index >= 15 is 0 Å². The lowest BCUT2D eigenvalue weighted by Crippen LogP contribution is -2.63. The molecule has 0 saturated carbocycles. The van der Waals surface area contributed by atoms with Crippen LogP contribution in [0.2, 0.25) is 18.1 Å². The number of carbonyl (C=O) groups excluding carboxylic acids is 1. The summed E-state index contributed by atoms with van der Waals surface area (Å²) in [6.07, 6.45) is -0.136. The van der Waals surface area contributed by atoms with Gasteiger partial charge in [0.2, 0.25) is 5.91 Å². The molecule has 1 amide bonds. The van der Waals surface area contributed by atoms with Crippen LogP contribution in [-0.4, -0.2) is 44.0 Å². The first-order valence-electron chi connectivity index (χ1n) is 10.7. The maximum Gasteiger partial charge on any atom is 0.240 e. The van der Waals surface area contributed by atoms with E-state index in [0.29, 0.717) is 13.2 Å². The highest BCUT2D eigenvalue weighted by molar-refractivity contribution is 9.07. The van der Waals surface area contributed by atoms with E-state index in [4.69, 9.17) is 13.9 Å². The van der Waals surface area contributed by atoms with Crippen molar-refractivity contribution in [3.8, 4) is 17.6 Å². The van der Waals surface area contributed by atoms with E-state index in [2.05, 4.69) is 61.9 Å². The van der Waals surface area contributed by atoms with Crippen molar-refractivity contribution < 1.29 is 18.7 Å². The Balaban J connectivity index is 1.91. The number of β-lactam (4-membered cyclic amide) rings is 1. The number of amides is 1. The summed E-state index contributed by atoms with van der Waals surface area (Å²) < 4.78 is 19.0. The molecule has 0 aromatic heterocycles. The third-order valence-electron chi connectivity index (χ3n) is 6.36. The zero-order chi connectivity index (χ0) is 23.4. The van der Waals surface area contributed by atoms with Crippen molar-refractivity contribution in [2.75, 3.05) is 13.7 Å². The lowest BCUT2D eigenvalue weighted by atomic mass is 9.79. The van der Waals surface area contributed by atoms with E-state index < -0.39 is 8.32 Å². The van der Waals surface area contributed by atoms with Crippen LogP contribution in [0.4, 0.5) is 0 Å². The highest BCUT2D eigenvalue weighted by Crippen LogP contribution is 2.42. The summed E-state index contributed by atoms with van der Waals surface area (Å²) >= 11 is 3.42. The summed E-state index contributed by atoms with van der Waals surface area (Å²) in [5.74, 6) is 7.09. The van der Waals surface area contributed by atoms with Gasteiger partial charge in [-0.2, -0.15) is 0 Å². The maximum atomic E-state index is 12.6. The molecule has 0 spiro atoms. The van der Waals surface area contributed by atoms with Crippen molar-refractivity contribution in [2.24, 2.45) is 11.8 Å². The fourth-order valence-corrected chi connectivity index (χ4v) is 5.70. The Bertz CT molecular complexity index is 810. The molecule has 1 heterocycles. The van der Waals surface area contributed by atoms with Crippen molar-refractivity contribution in [1.82, 2.24) is 3.93 Å². The average molecular weight is 511 g/mol. The normalized spacial score (nSPS) is 21.1. The molecular weight excluding hydrogens is 474 g/mol. The Morgan fingerprint density at radius 2 is 1.81 bits per heavy atom. The SMILES string of the molecule is COc1ccc(COCC#CC(C)[C@@H]2[C@@H]([C@@H](C)O[Si](C)(C)C(C)(C)C)C(=O)N2Br)cc1. The highest BCUT2D eigenvalue weighted by Gasteiger charge is 2.53. The molecule has 1 fully saturated rings. The standard InChI is InChI=1S/C24H36BrNO4Si/c1-17(10-9-15-29-16-19-11-13-20(28-6)14-12-19)22-21(23(27)26(22)25)18(2)30-31(7,8)24(3,4)5/h11-14,17-18,21-22H,15-16H2,1-8H3/t17?,18-,21-,22-/m1/s1. The van der Waals surface area contributed by atoms with E-state index in [1.165, 1.54) is 0 Å². The van der Waals surface area contributed by atoms with Crippen LogP contribution in [0.1, 0.15) is 40.2 Å². The van der Waals surface area contributed by atoms with E-state index in [1.807, 2.05) is 38.1 Å². The molecule has 0 aliphatic carbocycles. The van der Waals surface area contributed by atoms with Crippen molar-refractivity contribution in [3.63, 3.8) is 0 Å². The van der Waals surface area contributed by atoms with E-state index in [1.54, 1.807) is 11.0 Å². The second-order valence-corrected chi connectivity index (χ2v) is 15.2. The summed E-state index contributed by atoms with van der Waals surface area (Å²) in [5.41, 5.74) is 1.07. The lowest BCUT2D eigenvalue weighted by Gasteiger charge is -2.49. The van der Waals surface area contributed by atoms with E-state index in [9.17, 15) is 4.79 Å². The number of carbonyl (C=O) groups is 1. The minimum atomic E-state index is -1.95. The highest BCUT2D eigenvalue weighted by atomic mass is 79.9. The fourth-order valence-electron chi connectivity index (χ4n) is 3.42. The summed E-state index contributed by atoms with van der Waals surface area (Å²) in [5, 5.41) is 0.101. The molecule has 5 nitrogen and oxygen atoms in total. The van der Waals surface area contributed by atoms with E-state index in [0.717, 1.165) is 11.3 Å². The molecule has 1 saturated heterocycles. The number of hydrogen-bond donors (Lipinski definition) is 0. The number of benzene rings is 1. The predicted molar refractivity (Wildman–Crippen MR) is 130 cm³/mol. The van der Waals surface area contributed by atoms with Crippen LogP contribution in [-0.2, 0) is 20.6 Å². The number of nitrogens with zero attached hydrogens (tertiary/aromatic N) is 1. The second-order valence-electron chi connectivity index (χ2n) is 9.70. The van der Waals surface area contributed by atoms with E-state index in [-0.39, 0.29) is 34.9 Å². The quantitative estimate of drug-likeness (QED) is 0.155. The van der Waals surface area contributed by atoms with Gasteiger partial charge in [-0.05, 0) is 49.7 Å². The van der Waals surface area contributed by atoms with Gasteiger partial charge in [-0.25, -0.2) is 0 Å². The zero-order valence-corrected chi connectivity index (χ0v) is 22.6. The molecule has 7 heteroatoms. The minimum Gasteiger partial charge on any atom is -0.497 e. The Kier molecular flexibility index (Phi) is 8.80. The van der Waals surface area contributed by atoms with Crippen LogP contribution in [0.25, 0.3) is 0 Å². The van der Waals surface area contributed by atoms with Crippen LogP contribution in [0, 0.1) is 23.7 Å². The van der Waals surface area contributed by atoms with Gasteiger partial charge >= 0.3 is 0 Å².